The molecule has 0 radical (unpaired) electrons. The highest BCUT2D eigenvalue weighted by Crippen LogP contribution is 2.27. The summed E-state index contributed by atoms with van der Waals surface area (Å²) in [6.07, 6.45) is 0. The molecule has 0 amide bonds. The van der Waals surface area contributed by atoms with Crippen molar-refractivity contribution < 1.29 is 9.47 Å². The molecule has 0 unspecified atom stereocenters. The Kier molecular flexibility index (Phi) is 3.26. The standard InChI is InChI=1S/C11H10BrNO3/c1-15-6-16-8-4-7-2-3-10(14)13-11(7)9(12)5-8/h2-5H,6H2,1H3,(H,13,14). The molecular formula is C11H10BrNO3. The number of methoxy groups -OCH3 is 1. The molecule has 1 aromatic carbocycles. The molecule has 0 atom stereocenters. The van der Waals surface area contributed by atoms with Gasteiger partial charge in [-0.05, 0) is 34.1 Å². The molecular weight excluding hydrogens is 274 g/mol. The largest absolute Gasteiger partial charge is 0.468 e. The number of aromatic amines is 1. The minimum atomic E-state index is -0.126. The first-order valence-corrected chi connectivity index (χ1v) is 5.44. The monoisotopic (exact) mass is 283 g/mol. The Morgan fingerprint density at radius 3 is 2.94 bits per heavy atom. The predicted molar refractivity (Wildman–Crippen MR) is 64.8 cm³/mol. The summed E-state index contributed by atoms with van der Waals surface area (Å²) in [6.45, 7) is 0.196. The van der Waals surface area contributed by atoms with Crippen molar-refractivity contribution in [3.05, 3.63) is 39.1 Å². The van der Waals surface area contributed by atoms with Gasteiger partial charge in [-0.25, -0.2) is 0 Å². The quantitative estimate of drug-likeness (QED) is 0.880. The van der Waals surface area contributed by atoms with E-state index in [0.717, 1.165) is 15.4 Å². The van der Waals surface area contributed by atoms with Crippen LogP contribution in [-0.4, -0.2) is 18.9 Å². The van der Waals surface area contributed by atoms with Crippen LogP contribution >= 0.6 is 15.9 Å². The van der Waals surface area contributed by atoms with Gasteiger partial charge in [-0.1, -0.05) is 0 Å². The number of halogens is 1. The van der Waals surface area contributed by atoms with Gasteiger partial charge in [0.15, 0.2) is 6.79 Å². The zero-order chi connectivity index (χ0) is 11.5. The van der Waals surface area contributed by atoms with E-state index in [0.29, 0.717) is 5.75 Å². The summed E-state index contributed by atoms with van der Waals surface area (Å²) in [5.74, 6) is 0.688. The molecule has 1 N–H and O–H groups in total. The average Bonchev–Trinajstić information content (AvgIpc) is 2.27. The van der Waals surface area contributed by atoms with Crippen LogP contribution in [0.4, 0.5) is 0 Å². The van der Waals surface area contributed by atoms with E-state index in [2.05, 4.69) is 20.9 Å². The van der Waals surface area contributed by atoms with Crippen LogP contribution in [0.5, 0.6) is 5.75 Å². The molecule has 2 rings (SSSR count). The lowest BCUT2D eigenvalue weighted by atomic mass is 10.2. The molecule has 0 saturated heterocycles. The molecule has 1 heterocycles. The van der Waals surface area contributed by atoms with E-state index in [1.807, 2.05) is 6.07 Å². The van der Waals surface area contributed by atoms with E-state index >= 15 is 0 Å². The molecule has 0 spiro atoms. The fraction of sp³-hybridized carbons (Fsp3) is 0.182. The molecule has 0 saturated carbocycles. The summed E-state index contributed by atoms with van der Waals surface area (Å²) in [5.41, 5.74) is 0.635. The highest BCUT2D eigenvalue weighted by atomic mass is 79.9. The third-order valence-corrected chi connectivity index (χ3v) is 2.73. The second kappa shape index (κ2) is 4.67. The van der Waals surface area contributed by atoms with Gasteiger partial charge in [0.1, 0.15) is 5.75 Å². The summed E-state index contributed by atoms with van der Waals surface area (Å²) < 4.78 is 10.9. The van der Waals surface area contributed by atoms with E-state index < -0.39 is 0 Å². The lowest BCUT2D eigenvalue weighted by molar-refractivity contribution is 0.0512. The van der Waals surface area contributed by atoms with E-state index in [1.54, 1.807) is 19.2 Å². The Morgan fingerprint density at radius 1 is 1.38 bits per heavy atom. The maximum absolute atomic E-state index is 11.2. The number of fused-ring (bicyclic) bond motifs is 1. The third-order valence-electron chi connectivity index (χ3n) is 2.10. The Morgan fingerprint density at radius 2 is 2.19 bits per heavy atom. The molecule has 84 valence electrons. The Balaban J connectivity index is 2.50. The number of rotatable bonds is 3. The van der Waals surface area contributed by atoms with Gasteiger partial charge in [-0.3, -0.25) is 4.79 Å². The number of hydrogen-bond acceptors (Lipinski definition) is 3. The zero-order valence-electron chi connectivity index (χ0n) is 8.62. The molecule has 4 nitrogen and oxygen atoms in total. The van der Waals surface area contributed by atoms with Gasteiger partial charge in [0.25, 0.3) is 0 Å². The number of hydrogen-bond donors (Lipinski definition) is 1. The fourth-order valence-electron chi connectivity index (χ4n) is 1.41. The molecule has 0 aliphatic rings. The summed E-state index contributed by atoms with van der Waals surface area (Å²) in [5, 5.41) is 0.903. The average molecular weight is 284 g/mol. The first-order valence-electron chi connectivity index (χ1n) is 4.65. The van der Waals surface area contributed by atoms with Gasteiger partial charge in [-0.15, -0.1) is 0 Å². The van der Waals surface area contributed by atoms with Crippen molar-refractivity contribution in [3.63, 3.8) is 0 Å². The van der Waals surface area contributed by atoms with Gasteiger partial charge in [-0.2, -0.15) is 0 Å². The lowest BCUT2D eigenvalue weighted by Crippen LogP contribution is -2.03. The minimum absolute atomic E-state index is 0.126. The third kappa shape index (κ3) is 2.25. The van der Waals surface area contributed by atoms with E-state index in [9.17, 15) is 4.79 Å². The second-order valence-electron chi connectivity index (χ2n) is 3.24. The molecule has 2 aromatic rings. The molecule has 16 heavy (non-hydrogen) atoms. The van der Waals surface area contributed by atoms with Gasteiger partial charge >= 0.3 is 0 Å². The second-order valence-corrected chi connectivity index (χ2v) is 4.10. The molecule has 0 fully saturated rings. The van der Waals surface area contributed by atoms with Crippen LogP contribution < -0.4 is 10.3 Å². The summed E-state index contributed by atoms with van der Waals surface area (Å²) in [4.78, 5) is 13.9. The molecule has 0 aliphatic carbocycles. The fourth-order valence-corrected chi connectivity index (χ4v) is 1.96. The van der Waals surface area contributed by atoms with Crippen LogP contribution in [0.15, 0.2) is 33.5 Å². The van der Waals surface area contributed by atoms with Crippen molar-refractivity contribution in [1.82, 2.24) is 4.98 Å². The molecule has 5 heteroatoms. The van der Waals surface area contributed by atoms with Crippen molar-refractivity contribution in [3.8, 4) is 5.75 Å². The highest BCUT2D eigenvalue weighted by molar-refractivity contribution is 9.10. The van der Waals surface area contributed by atoms with Crippen LogP contribution in [0.25, 0.3) is 10.9 Å². The topological polar surface area (TPSA) is 51.3 Å². The van der Waals surface area contributed by atoms with Gasteiger partial charge in [0, 0.05) is 23.0 Å². The predicted octanol–water partition coefficient (Wildman–Crippen LogP) is 2.27. The Labute approximate surface area is 100 Å². The minimum Gasteiger partial charge on any atom is -0.468 e. The van der Waals surface area contributed by atoms with E-state index in [-0.39, 0.29) is 12.4 Å². The van der Waals surface area contributed by atoms with Crippen molar-refractivity contribution in [2.75, 3.05) is 13.9 Å². The number of ether oxygens (including phenoxy) is 2. The van der Waals surface area contributed by atoms with Crippen LogP contribution in [0.2, 0.25) is 0 Å². The summed E-state index contributed by atoms with van der Waals surface area (Å²) in [7, 11) is 1.56. The first kappa shape index (κ1) is 11.2. The van der Waals surface area contributed by atoms with Crippen LogP contribution in [0, 0.1) is 0 Å². The van der Waals surface area contributed by atoms with Gasteiger partial charge in [0.05, 0.1) is 5.52 Å². The maximum atomic E-state index is 11.2. The van der Waals surface area contributed by atoms with Crippen molar-refractivity contribution in [1.29, 1.82) is 0 Å². The van der Waals surface area contributed by atoms with E-state index in [1.165, 1.54) is 6.07 Å². The summed E-state index contributed by atoms with van der Waals surface area (Å²) >= 11 is 3.38. The number of pyridine rings is 1. The zero-order valence-corrected chi connectivity index (χ0v) is 10.2. The molecule has 0 bridgehead atoms. The number of aromatic nitrogens is 1. The first-order chi connectivity index (χ1) is 7.70. The van der Waals surface area contributed by atoms with Crippen molar-refractivity contribution >= 4 is 26.8 Å². The number of benzene rings is 1. The van der Waals surface area contributed by atoms with E-state index in [4.69, 9.17) is 9.47 Å². The Hall–Kier alpha value is -1.33. The molecule has 0 aliphatic heterocycles. The van der Waals surface area contributed by atoms with Crippen molar-refractivity contribution in [2.45, 2.75) is 0 Å². The summed E-state index contributed by atoms with van der Waals surface area (Å²) in [6, 6.07) is 6.86. The van der Waals surface area contributed by atoms with Gasteiger partial charge < -0.3 is 14.5 Å². The van der Waals surface area contributed by atoms with Crippen LogP contribution in [-0.2, 0) is 4.74 Å². The van der Waals surface area contributed by atoms with Crippen molar-refractivity contribution in [2.24, 2.45) is 0 Å². The SMILES string of the molecule is COCOc1cc(Br)c2[nH]c(=O)ccc2c1. The molecule has 1 aromatic heterocycles. The number of H-pyrrole nitrogens is 1. The smallest absolute Gasteiger partial charge is 0.248 e. The van der Waals surface area contributed by atoms with Crippen LogP contribution in [0.1, 0.15) is 0 Å². The maximum Gasteiger partial charge on any atom is 0.248 e. The Bertz CT molecular complexity index is 565. The van der Waals surface area contributed by atoms with Gasteiger partial charge in [0.2, 0.25) is 5.56 Å². The lowest BCUT2D eigenvalue weighted by Gasteiger charge is -2.07. The normalized spacial score (nSPS) is 10.6. The highest BCUT2D eigenvalue weighted by Gasteiger charge is 2.03. The van der Waals surface area contributed by atoms with Crippen LogP contribution in [0.3, 0.4) is 0 Å². The number of nitrogens with one attached hydrogen (secondary N) is 1.